The van der Waals surface area contributed by atoms with E-state index < -0.39 is 0 Å². The number of nitrogens with zero attached hydrogens (tertiary/aromatic N) is 3. The number of aryl methyl sites for hydroxylation is 3. The fourth-order valence-corrected chi connectivity index (χ4v) is 5.96. The van der Waals surface area contributed by atoms with Gasteiger partial charge in [0, 0.05) is 50.1 Å². The minimum Gasteiger partial charge on any atom is -0.378 e. The lowest BCUT2D eigenvalue weighted by atomic mass is 10.1. The average molecular weight is 453 g/mol. The largest absolute Gasteiger partial charge is 0.378 e. The van der Waals surface area contributed by atoms with Crippen LogP contribution >= 0.6 is 11.3 Å². The predicted octanol–water partition coefficient (Wildman–Crippen LogP) is 2.90. The second-order valence-corrected chi connectivity index (χ2v) is 9.61. The van der Waals surface area contributed by atoms with E-state index in [1.54, 1.807) is 16.2 Å². The zero-order valence-electron chi connectivity index (χ0n) is 18.4. The molecule has 32 heavy (non-hydrogen) atoms. The SMILES string of the molecule is CN(Cc1ccccc1N1CCOCC1)C(=O)CCc1nc2sc3c(c2c(=O)[nH]1)CCC3. The summed E-state index contributed by atoms with van der Waals surface area (Å²) in [5.41, 5.74) is 3.41. The maximum atomic E-state index is 12.8. The number of benzene rings is 1. The fourth-order valence-electron chi connectivity index (χ4n) is 4.68. The van der Waals surface area contributed by atoms with Gasteiger partial charge in [-0.15, -0.1) is 11.3 Å². The summed E-state index contributed by atoms with van der Waals surface area (Å²) in [5, 5.41) is 0.759. The van der Waals surface area contributed by atoms with Crippen molar-refractivity contribution in [3.63, 3.8) is 0 Å². The second kappa shape index (κ2) is 9.03. The molecule has 8 heteroatoms. The minimum atomic E-state index is -0.0651. The topological polar surface area (TPSA) is 78.5 Å². The van der Waals surface area contributed by atoms with Crippen LogP contribution in [0.15, 0.2) is 29.1 Å². The quantitative estimate of drug-likeness (QED) is 0.622. The van der Waals surface area contributed by atoms with Crippen LogP contribution in [0.3, 0.4) is 0 Å². The number of ether oxygens (including phenoxy) is 1. The molecule has 168 valence electrons. The highest BCUT2D eigenvalue weighted by Gasteiger charge is 2.22. The van der Waals surface area contributed by atoms with Crippen LogP contribution in [0.5, 0.6) is 0 Å². The number of hydrogen-bond acceptors (Lipinski definition) is 6. The average Bonchev–Trinajstić information content (AvgIpc) is 3.39. The van der Waals surface area contributed by atoms with Crippen molar-refractivity contribution < 1.29 is 9.53 Å². The lowest BCUT2D eigenvalue weighted by molar-refractivity contribution is -0.130. The number of aromatic amines is 1. The molecule has 3 aromatic rings. The molecule has 1 aromatic carbocycles. The number of rotatable bonds is 6. The first-order chi connectivity index (χ1) is 15.6. The molecule has 1 fully saturated rings. The van der Waals surface area contributed by atoms with Crippen molar-refractivity contribution >= 4 is 33.1 Å². The molecule has 1 aliphatic heterocycles. The molecule has 5 rings (SSSR count). The van der Waals surface area contributed by atoms with Gasteiger partial charge >= 0.3 is 0 Å². The van der Waals surface area contributed by atoms with Crippen LogP contribution in [0, 0.1) is 0 Å². The van der Waals surface area contributed by atoms with Gasteiger partial charge in [-0.25, -0.2) is 4.98 Å². The third-order valence-corrected chi connectivity index (χ3v) is 7.56. The van der Waals surface area contributed by atoms with Gasteiger partial charge in [0.25, 0.3) is 5.56 Å². The number of anilines is 1. The van der Waals surface area contributed by atoms with E-state index in [2.05, 4.69) is 27.0 Å². The lowest BCUT2D eigenvalue weighted by Gasteiger charge is -2.31. The molecule has 0 unspecified atom stereocenters. The molecule has 2 aromatic heterocycles. The summed E-state index contributed by atoms with van der Waals surface area (Å²) in [6.45, 7) is 3.73. The van der Waals surface area contributed by atoms with Gasteiger partial charge in [-0.1, -0.05) is 18.2 Å². The van der Waals surface area contributed by atoms with Gasteiger partial charge in [0.15, 0.2) is 0 Å². The summed E-state index contributed by atoms with van der Waals surface area (Å²) in [4.78, 5) is 39.2. The molecule has 1 saturated heterocycles. The van der Waals surface area contributed by atoms with Gasteiger partial charge < -0.3 is 19.5 Å². The summed E-state index contributed by atoms with van der Waals surface area (Å²) in [6, 6.07) is 8.24. The van der Waals surface area contributed by atoms with Crippen molar-refractivity contribution in [1.29, 1.82) is 0 Å². The number of nitrogens with one attached hydrogen (secondary N) is 1. The number of fused-ring (bicyclic) bond motifs is 3. The summed E-state index contributed by atoms with van der Waals surface area (Å²) in [6.07, 6.45) is 3.88. The first-order valence-corrected chi connectivity index (χ1v) is 12.1. The Hall–Kier alpha value is -2.71. The highest BCUT2D eigenvalue weighted by Crippen LogP contribution is 2.34. The van der Waals surface area contributed by atoms with Gasteiger partial charge in [0.05, 0.1) is 18.6 Å². The van der Waals surface area contributed by atoms with Gasteiger partial charge in [-0.05, 0) is 36.5 Å². The molecular formula is C24H28N4O3S. The molecule has 0 atom stereocenters. The lowest BCUT2D eigenvalue weighted by Crippen LogP contribution is -2.37. The Kier molecular flexibility index (Phi) is 5.97. The van der Waals surface area contributed by atoms with Crippen molar-refractivity contribution in [3.8, 4) is 0 Å². The van der Waals surface area contributed by atoms with Crippen molar-refractivity contribution in [1.82, 2.24) is 14.9 Å². The first-order valence-electron chi connectivity index (χ1n) is 11.3. The van der Waals surface area contributed by atoms with Gasteiger partial charge in [0.2, 0.25) is 5.91 Å². The number of para-hydroxylation sites is 1. The minimum absolute atomic E-state index is 0.0400. The van der Waals surface area contributed by atoms with Crippen LogP contribution < -0.4 is 10.5 Å². The predicted molar refractivity (Wildman–Crippen MR) is 127 cm³/mol. The molecule has 0 bridgehead atoms. The number of H-pyrrole nitrogens is 1. The summed E-state index contributed by atoms with van der Waals surface area (Å²) in [7, 11) is 1.83. The zero-order valence-corrected chi connectivity index (χ0v) is 19.2. The monoisotopic (exact) mass is 452 g/mol. The van der Waals surface area contributed by atoms with E-state index in [1.165, 1.54) is 10.4 Å². The van der Waals surface area contributed by atoms with Crippen molar-refractivity contribution in [2.45, 2.75) is 38.6 Å². The molecular weight excluding hydrogens is 424 g/mol. The first kappa shape index (κ1) is 21.2. The summed E-state index contributed by atoms with van der Waals surface area (Å²) >= 11 is 1.63. The van der Waals surface area contributed by atoms with Crippen molar-refractivity contribution in [2.24, 2.45) is 0 Å². The zero-order chi connectivity index (χ0) is 22.1. The van der Waals surface area contributed by atoms with Gasteiger partial charge in [-0.2, -0.15) is 0 Å². The Bertz CT molecular complexity index is 1200. The van der Waals surface area contributed by atoms with E-state index >= 15 is 0 Å². The third kappa shape index (κ3) is 4.17. The van der Waals surface area contributed by atoms with Crippen LogP contribution in [-0.4, -0.2) is 54.1 Å². The van der Waals surface area contributed by atoms with E-state index in [-0.39, 0.29) is 11.5 Å². The highest BCUT2D eigenvalue weighted by atomic mass is 32.1. The van der Waals surface area contributed by atoms with Crippen LogP contribution in [0.4, 0.5) is 5.69 Å². The van der Waals surface area contributed by atoms with Gasteiger partial charge in [-0.3, -0.25) is 9.59 Å². The van der Waals surface area contributed by atoms with Crippen LogP contribution in [0.1, 0.15) is 34.7 Å². The molecule has 0 radical (unpaired) electrons. The maximum absolute atomic E-state index is 12.8. The standard InChI is InChI=1S/C24H28N4O3S/c1-27(15-16-5-2-3-7-18(16)28-11-13-31-14-12-28)21(29)10-9-20-25-23(30)22-17-6-4-8-19(17)32-24(22)26-20/h2-3,5,7H,4,6,8-15H2,1H3,(H,25,26,30). The second-order valence-electron chi connectivity index (χ2n) is 8.53. The smallest absolute Gasteiger partial charge is 0.259 e. The molecule has 0 saturated carbocycles. The van der Waals surface area contributed by atoms with E-state index in [0.29, 0.717) is 25.2 Å². The molecule has 1 aliphatic carbocycles. The van der Waals surface area contributed by atoms with Crippen LogP contribution in [0.25, 0.3) is 10.2 Å². The highest BCUT2D eigenvalue weighted by molar-refractivity contribution is 7.18. The summed E-state index contributed by atoms with van der Waals surface area (Å²) < 4.78 is 5.47. The molecule has 3 heterocycles. The van der Waals surface area contributed by atoms with Crippen molar-refractivity contribution in [2.75, 3.05) is 38.3 Å². The fraction of sp³-hybridized carbons (Fsp3) is 0.458. The molecule has 0 spiro atoms. The van der Waals surface area contributed by atoms with E-state index in [0.717, 1.165) is 67.0 Å². The summed E-state index contributed by atoms with van der Waals surface area (Å²) in [5.74, 6) is 0.635. The maximum Gasteiger partial charge on any atom is 0.259 e. The Morgan fingerprint density at radius 2 is 2.06 bits per heavy atom. The van der Waals surface area contributed by atoms with Crippen LogP contribution in [-0.2, 0) is 35.3 Å². The Morgan fingerprint density at radius 3 is 2.91 bits per heavy atom. The Balaban J connectivity index is 1.25. The number of hydrogen-bond donors (Lipinski definition) is 1. The number of carbonyl (C=O) groups is 1. The number of thiophene rings is 1. The molecule has 1 amide bonds. The third-order valence-electron chi connectivity index (χ3n) is 6.38. The van der Waals surface area contributed by atoms with Gasteiger partial charge in [0.1, 0.15) is 10.7 Å². The molecule has 1 N–H and O–H groups in total. The van der Waals surface area contributed by atoms with Crippen molar-refractivity contribution in [3.05, 3.63) is 56.4 Å². The number of morpholine rings is 1. The number of aromatic nitrogens is 2. The van der Waals surface area contributed by atoms with Crippen LogP contribution in [0.2, 0.25) is 0 Å². The van der Waals surface area contributed by atoms with E-state index in [4.69, 9.17) is 4.74 Å². The Labute approximate surface area is 191 Å². The Morgan fingerprint density at radius 1 is 1.25 bits per heavy atom. The normalized spacial score (nSPS) is 15.8. The van der Waals surface area contributed by atoms with E-state index in [1.807, 2.05) is 19.2 Å². The number of amides is 1. The molecule has 2 aliphatic rings. The number of carbonyl (C=O) groups excluding carboxylic acids is 1. The van der Waals surface area contributed by atoms with E-state index in [9.17, 15) is 9.59 Å². The molecule has 7 nitrogen and oxygen atoms in total.